The summed E-state index contributed by atoms with van der Waals surface area (Å²) in [6, 6.07) is 17.2. The van der Waals surface area contributed by atoms with Gasteiger partial charge in [0, 0.05) is 5.92 Å². The summed E-state index contributed by atoms with van der Waals surface area (Å²) in [7, 11) is 0. The van der Waals surface area contributed by atoms with Gasteiger partial charge in [0.25, 0.3) is 0 Å². The lowest BCUT2D eigenvalue weighted by atomic mass is 9.88. The molecule has 0 aromatic heterocycles. The number of hydrogen-bond acceptors (Lipinski definition) is 3. The van der Waals surface area contributed by atoms with Crippen LogP contribution in [0, 0.1) is 0 Å². The minimum Gasteiger partial charge on any atom is -0.475 e. The molecule has 2 rings (SSSR count). The average Bonchev–Trinajstić information content (AvgIpc) is 2.56. The first-order valence-corrected chi connectivity index (χ1v) is 7.77. The monoisotopic (exact) mass is 297 g/mol. The van der Waals surface area contributed by atoms with Gasteiger partial charge in [-0.15, -0.1) is 0 Å². The molecule has 0 aliphatic carbocycles. The number of ether oxygens (including phenoxy) is 1. The van der Waals surface area contributed by atoms with E-state index in [1.165, 1.54) is 0 Å². The van der Waals surface area contributed by atoms with Crippen LogP contribution in [0.2, 0.25) is 0 Å². The summed E-state index contributed by atoms with van der Waals surface area (Å²) < 4.78 is 5.70. The fourth-order valence-corrected chi connectivity index (χ4v) is 2.46. The van der Waals surface area contributed by atoms with E-state index in [-0.39, 0.29) is 11.7 Å². The Bertz CT molecular complexity index is 610. The number of carbonyl (C=O) groups excluding carboxylic acids is 1. The predicted octanol–water partition coefficient (Wildman–Crippen LogP) is 4.14. The normalized spacial score (nSPS) is 13.4. The first kappa shape index (κ1) is 16.2. The highest BCUT2D eigenvalue weighted by molar-refractivity contribution is 6.03. The summed E-state index contributed by atoms with van der Waals surface area (Å²) in [6.45, 7) is 3.98. The summed E-state index contributed by atoms with van der Waals surface area (Å²) >= 11 is 0. The Morgan fingerprint density at radius 3 is 2.27 bits per heavy atom. The molecule has 2 aromatic carbocycles. The van der Waals surface area contributed by atoms with Crippen LogP contribution in [0.5, 0.6) is 5.75 Å². The van der Waals surface area contributed by atoms with Gasteiger partial charge in [0.1, 0.15) is 12.0 Å². The van der Waals surface area contributed by atoms with Crippen LogP contribution >= 0.6 is 0 Å². The third-order valence-electron chi connectivity index (χ3n) is 3.76. The van der Waals surface area contributed by atoms with Crippen molar-refractivity contribution in [2.24, 2.45) is 5.73 Å². The van der Waals surface area contributed by atoms with Crippen molar-refractivity contribution < 1.29 is 9.53 Å². The zero-order chi connectivity index (χ0) is 15.9. The van der Waals surface area contributed by atoms with E-state index in [4.69, 9.17) is 10.5 Å². The van der Waals surface area contributed by atoms with Crippen molar-refractivity contribution in [3.8, 4) is 5.75 Å². The van der Waals surface area contributed by atoms with Gasteiger partial charge in [-0.2, -0.15) is 0 Å². The number of ketones is 1. The Hall–Kier alpha value is -2.13. The van der Waals surface area contributed by atoms with Gasteiger partial charge in [-0.1, -0.05) is 56.3 Å². The maximum absolute atomic E-state index is 12.9. The van der Waals surface area contributed by atoms with E-state index >= 15 is 0 Å². The lowest BCUT2D eigenvalue weighted by Crippen LogP contribution is -2.27. The van der Waals surface area contributed by atoms with Crippen LogP contribution in [0.25, 0.3) is 0 Å². The van der Waals surface area contributed by atoms with Gasteiger partial charge in [0.15, 0.2) is 5.78 Å². The van der Waals surface area contributed by atoms with Gasteiger partial charge in [-0.3, -0.25) is 10.5 Å². The number of para-hydroxylation sites is 1. The fourth-order valence-electron chi connectivity index (χ4n) is 2.46. The Morgan fingerprint density at radius 2 is 1.64 bits per heavy atom. The number of benzene rings is 2. The zero-order valence-corrected chi connectivity index (χ0v) is 13.2. The van der Waals surface area contributed by atoms with E-state index in [1.807, 2.05) is 62.4 Å². The van der Waals surface area contributed by atoms with Crippen LogP contribution in [0.4, 0.5) is 0 Å². The van der Waals surface area contributed by atoms with Gasteiger partial charge in [-0.05, 0) is 30.5 Å². The minimum atomic E-state index is -0.397. The number of carbonyl (C=O) groups is 1. The SMILES string of the molecule is CCC(N)Oc1ccccc1C(=O)C(CC)c1ccccc1. The summed E-state index contributed by atoms with van der Waals surface area (Å²) in [4.78, 5) is 12.9. The maximum Gasteiger partial charge on any atom is 0.174 e. The molecule has 0 saturated heterocycles. The molecule has 2 unspecified atom stereocenters. The van der Waals surface area contributed by atoms with Gasteiger partial charge in [-0.25, -0.2) is 0 Å². The topological polar surface area (TPSA) is 52.3 Å². The van der Waals surface area contributed by atoms with Gasteiger partial charge in [0.05, 0.1) is 5.56 Å². The van der Waals surface area contributed by atoms with Gasteiger partial charge in [0.2, 0.25) is 0 Å². The molecule has 22 heavy (non-hydrogen) atoms. The predicted molar refractivity (Wildman–Crippen MR) is 89.1 cm³/mol. The van der Waals surface area contributed by atoms with Crippen LogP contribution in [0.15, 0.2) is 54.6 Å². The highest BCUT2D eigenvalue weighted by atomic mass is 16.5. The van der Waals surface area contributed by atoms with Crippen molar-refractivity contribution in [3.05, 3.63) is 65.7 Å². The van der Waals surface area contributed by atoms with Crippen molar-refractivity contribution in [1.29, 1.82) is 0 Å². The molecule has 0 saturated carbocycles. The first-order valence-electron chi connectivity index (χ1n) is 7.77. The van der Waals surface area contributed by atoms with E-state index in [1.54, 1.807) is 6.07 Å². The van der Waals surface area contributed by atoms with E-state index in [2.05, 4.69) is 0 Å². The molecular weight excluding hydrogens is 274 g/mol. The number of Topliss-reactive ketones (excluding diaryl/α,β-unsaturated/α-hetero) is 1. The van der Waals surface area contributed by atoms with E-state index in [9.17, 15) is 4.79 Å². The second-order valence-electron chi connectivity index (χ2n) is 5.30. The maximum atomic E-state index is 12.9. The number of nitrogens with two attached hydrogens (primary N) is 1. The lowest BCUT2D eigenvalue weighted by molar-refractivity contribution is 0.0950. The smallest absolute Gasteiger partial charge is 0.174 e. The third kappa shape index (κ3) is 3.74. The lowest BCUT2D eigenvalue weighted by Gasteiger charge is -2.19. The summed E-state index contributed by atoms with van der Waals surface area (Å²) in [5.74, 6) is 0.479. The molecule has 0 spiro atoms. The van der Waals surface area contributed by atoms with E-state index in [0.717, 1.165) is 12.0 Å². The second-order valence-corrected chi connectivity index (χ2v) is 5.30. The van der Waals surface area contributed by atoms with Crippen molar-refractivity contribution in [2.45, 2.75) is 38.8 Å². The Morgan fingerprint density at radius 1 is 1.00 bits per heavy atom. The van der Waals surface area contributed by atoms with Gasteiger partial charge >= 0.3 is 0 Å². The Balaban J connectivity index is 2.32. The van der Waals surface area contributed by atoms with Crippen molar-refractivity contribution >= 4 is 5.78 Å². The Kier molecular flexibility index (Phi) is 5.73. The number of hydrogen-bond donors (Lipinski definition) is 1. The highest BCUT2D eigenvalue weighted by Gasteiger charge is 2.23. The zero-order valence-electron chi connectivity index (χ0n) is 13.2. The molecule has 0 radical (unpaired) electrons. The molecule has 0 aliphatic heterocycles. The van der Waals surface area contributed by atoms with Crippen LogP contribution in [0.3, 0.4) is 0 Å². The molecule has 3 heteroatoms. The average molecular weight is 297 g/mol. The fraction of sp³-hybridized carbons (Fsp3) is 0.316. The molecule has 0 aliphatic rings. The quantitative estimate of drug-likeness (QED) is 0.617. The van der Waals surface area contributed by atoms with Crippen molar-refractivity contribution in [3.63, 3.8) is 0 Å². The van der Waals surface area contributed by atoms with Crippen molar-refractivity contribution in [2.75, 3.05) is 0 Å². The molecule has 0 amide bonds. The summed E-state index contributed by atoms with van der Waals surface area (Å²) in [5, 5.41) is 0. The molecule has 3 nitrogen and oxygen atoms in total. The molecule has 2 atom stereocenters. The molecule has 2 N–H and O–H groups in total. The van der Waals surface area contributed by atoms with Gasteiger partial charge < -0.3 is 4.74 Å². The van der Waals surface area contributed by atoms with Crippen LogP contribution in [-0.2, 0) is 0 Å². The summed E-state index contributed by atoms with van der Waals surface area (Å²) in [6.07, 6.45) is 1.04. The molecule has 116 valence electrons. The number of rotatable bonds is 7. The van der Waals surface area contributed by atoms with Crippen LogP contribution in [0.1, 0.15) is 48.5 Å². The Labute approximate surface area is 132 Å². The van der Waals surface area contributed by atoms with E-state index < -0.39 is 6.23 Å². The molecule has 2 aromatic rings. The molecule has 0 heterocycles. The highest BCUT2D eigenvalue weighted by Crippen LogP contribution is 2.29. The summed E-state index contributed by atoms with van der Waals surface area (Å²) in [5.41, 5.74) is 7.49. The standard InChI is InChI=1S/C19H23NO2/c1-3-15(14-10-6-5-7-11-14)19(21)16-12-8-9-13-17(16)22-18(20)4-2/h5-13,15,18H,3-4,20H2,1-2H3. The van der Waals surface area contributed by atoms with Crippen LogP contribution in [-0.4, -0.2) is 12.0 Å². The molecule has 0 fully saturated rings. The second kappa shape index (κ2) is 7.76. The largest absolute Gasteiger partial charge is 0.475 e. The first-order chi connectivity index (χ1) is 10.7. The molecule has 0 bridgehead atoms. The third-order valence-corrected chi connectivity index (χ3v) is 3.76. The van der Waals surface area contributed by atoms with Crippen LogP contribution < -0.4 is 10.5 Å². The van der Waals surface area contributed by atoms with E-state index in [0.29, 0.717) is 17.7 Å². The minimum absolute atomic E-state index is 0.0765. The molecular formula is C19H23NO2. The van der Waals surface area contributed by atoms with Crippen molar-refractivity contribution in [1.82, 2.24) is 0 Å².